The molecule has 0 saturated heterocycles. The van der Waals surface area contributed by atoms with Crippen LogP contribution in [0, 0.1) is 0 Å². The molecular formula is C20H29NaO7S. The molecule has 0 aliphatic heterocycles. The Balaban J connectivity index is 0.00000784. The second kappa shape index (κ2) is 15.0. The summed E-state index contributed by atoms with van der Waals surface area (Å²) in [6.07, 6.45) is 6.29. The van der Waals surface area contributed by atoms with Crippen LogP contribution in [0.3, 0.4) is 0 Å². The Morgan fingerprint density at radius 3 is 1.93 bits per heavy atom. The van der Waals surface area contributed by atoms with Crippen molar-refractivity contribution in [2.24, 2.45) is 0 Å². The maximum Gasteiger partial charge on any atom is 1.00 e. The zero-order chi connectivity index (χ0) is 21.0. The van der Waals surface area contributed by atoms with Crippen LogP contribution in [0.1, 0.15) is 79.5 Å². The second-order valence-corrected chi connectivity index (χ2v) is 8.47. The van der Waals surface area contributed by atoms with Crippen molar-refractivity contribution < 1.29 is 61.6 Å². The minimum absolute atomic E-state index is 0. The summed E-state index contributed by atoms with van der Waals surface area (Å²) in [4.78, 5) is 24.5. The van der Waals surface area contributed by atoms with Gasteiger partial charge in [0.25, 0.3) is 0 Å². The van der Waals surface area contributed by atoms with Crippen LogP contribution >= 0.6 is 0 Å². The zero-order valence-corrected chi connectivity index (χ0v) is 20.3. The fourth-order valence-corrected chi connectivity index (χ4v) is 2.89. The van der Waals surface area contributed by atoms with Crippen LogP contribution in [-0.4, -0.2) is 43.4 Å². The molecule has 9 heteroatoms. The van der Waals surface area contributed by atoms with Gasteiger partial charge in [-0.2, -0.15) is 0 Å². The third kappa shape index (κ3) is 11.1. The average molecular weight is 437 g/mol. The molecule has 0 radical (unpaired) electrons. The second-order valence-electron chi connectivity index (χ2n) is 6.68. The summed E-state index contributed by atoms with van der Waals surface area (Å²) < 4.78 is 42.8. The third-order valence-electron chi connectivity index (χ3n) is 4.35. The molecule has 0 aromatic heterocycles. The molecule has 1 unspecified atom stereocenters. The minimum Gasteiger partial charge on any atom is -0.748 e. The van der Waals surface area contributed by atoms with Crippen molar-refractivity contribution in [2.45, 2.75) is 64.0 Å². The van der Waals surface area contributed by atoms with Crippen molar-refractivity contribution in [1.82, 2.24) is 0 Å². The van der Waals surface area contributed by atoms with Gasteiger partial charge in [0.1, 0.15) is 0 Å². The van der Waals surface area contributed by atoms with Gasteiger partial charge in [0.2, 0.25) is 0 Å². The van der Waals surface area contributed by atoms with Gasteiger partial charge in [0.05, 0.1) is 34.5 Å². The summed E-state index contributed by atoms with van der Waals surface area (Å²) in [5.74, 6) is -1.36. The van der Waals surface area contributed by atoms with Crippen molar-refractivity contribution in [3.8, 4) is 0 Å². The van der Waals surface area contributed by atoms with E-state index < -0.39 is 27.3 Å². The maximum atomic E-state index is 12.3. The summed E-state index contributed by atoms with van der Waals surface area (Å²) in [7, 11) is -4.42. The molecule has 0 saturated carbocycles. The number of hydrogen-bond acceptors (Lipinski definition) is 7. The number of carbonyl (C=O) groups excluding carboxylic acids is 2. The molecule has 0 bridgehead atoms. The first-order valence-corrected chi connectivity index (χ1v) is 11.1. The topological polar surface area (TPSA) is 110 Å². The summed E-state index contributed by atoms with van der Waals surface area (Å²) in [5, 5.41) is -1.15. The zero-order valence-electron chi connectivity index (χ0n) is 17.5. The van der Waals surface area contributed by atoms with Crippen molar-refractivity contribution in [3.05, 3.63) is 35.4 Å². The Morgan fingerprint density at radius 2 is 1.41 bits per heavy atom. The Kier molecular flexibility index (Phi) is 14.5. The van der Waals surface area contributed by atoms with E-state index in [0.717, 1.165) is 19.3 Å². The smallest absolute Gasteiger partial charge is 0.748 e. The fourth-order valence-electron chi connectivity index (χ4n) is 2.50. The van der Waals surface area contributed by atoms with E-state index in [1.165, 1.54) is 38.3 Å². The molecule has 1 rings (SSSR count). The van der Waals surface area contributed by atoms with Crippen LogP contribution in [0.25, 0.3) is 0 Å². The molecule has 0 heterocycles. The molecule has 1 aromatic rings. The monoisotopic (exact) mass is 436 g/mol. The number of rotatable bonds is 13. The predicted molar refractivity (Wildman–Crippen MR) is 104 cm³/mol. The van der Waals surface area contributed by atoms with E-state index in [1.54, 1.807) is 12.1 Å². The van der Waals surface area contributed by atoms with Crippen LogP contribution < -0.4 is 29.6 Å². The van der Waals surface area contributed by atoms with Crippen molar-refractivity contribution in [2.75, 3.05) is 13.2 Å². The number of carbonyl (C=O) groups is 2. The molecule has 1 atom stereocenters. The number of hydrogen-bond donors (Lipinski definition) is 0. The van der Waals surface area contributed by atoms with Gasteiger partial charge < -0.3 is 14.0 Å². The van der Waals surface area contributed by atoms with Gasteiger partial charge >= 0.3 is 41.5 Å². The number of unbranched alkanes of at least 4 members (excludes halogenated alkanes) is 5. The Morgan fingerprint density at radius 1 is 0.931 bits per heavy atom. The van der Waals surface area contributed by atoms with Crippen molar-refractivity contribution in [3.63, 3.8) is 0 Å². The van der Waals surface area contributed by atoms with Gasteiger partial charge in [-0.3, -0.25) is 0 Å². The van der Waals surface area contributed by atoms with E-state index in [0.29, 0.717) is 0 Å². The normalized spacial score (nSPS) is 12.0. The van der Waals surface area contributed by atoms with Crippen LogP contribution in [0.5, 0.6) is 0 Å². The summed E-state index contributed by atoms with van der Waals surface area (Å²) in [5.41, 5.74) is 0.149. The molecule has 7 nitrogen and oxygen atoms in total. The molecule has 0 N–H and O–H groups in total. The summed E-state index contributed by atoms with van der Waals surface area (Å²) in [6.45, 7) is 3.45. The number of ether oxygens (including phenoxy) is 2. The summed E-state index contributed by atoms with van der Waals surface area (Å²) in [6, 6.07) is 6.12. The first kappa shape index (κ1) is 28.1. The van der Waals surface area contributed by atoms with Crippen molar-refractivity contribution >= 4 is 22.1 Å². The Hall–Kier alpha value is -0.930. The summed E-state index contributed by atoms with van der Waals surface area (Å²) >= 11 is 0. The Bertz CT molecular complexity index is 734. The third-order valence-corrected chi connectivity index (χ3v) is 5.57. The molecule has 0 spiro atoms. The molecule has 1 aromatic carbocycles. The number of esters is 2. The molecular weight excluding hydrogens is 407 g/mol. The standard InChI is InChI=1S/C20H30O7S.Na/c1-3-4-5-6-7-10-14-26-19(21)17-11-8-9-12-18(17)20(22)27-15-13-16(2)28(23,24)25;/h8-9,11-12,16H,3-7,10,13-15H2,1-2H3,(H,23,24,25);/q;+1/p-1. The van der Waals surface area contributed by atoms with E-state index in [4.69, 9.17) is 9.47 Å². The van der Waals surface area contributed by atoms with E-state index in [9.17, 15) is 22.6 Å². The SMILES string of the molecule is CCCCCCCCOC(=O)c1ccccc1C(=O)OCCC(C)S(=O)(=O)[O-].[Na+]. The molecule has 0 aliphatic rings. The van der Waals surface area contributed by atoms with E-state index >= 15 is 0 Å². The molecule has 158 valence electrons. The van der Waals surface area contributed by atoms with E-state index in [2.05, 4.69) is 6.92 Å². The van der Waals surface area contributed by atoms with Gasteiger partial charge in [0.15, 0.2) is 0 Å². The van der Waals surface area contributed by atoms with Gasteiger partial charge in [-0.1, -0.05) is 51.2 Å². The number of benzene rings is 1. The van der Waals surface area contributed by atoms with Crippen LogP contribution in [0.4, 0.5) is 0 Å². The van der Waals surface area contributed by atoms with Gasteiger partial charge in [-0.05, 0) is 31.9 Å². The minimum atomic E-state index is -4.42. The first-order chi connectivity index (χ1) is 13.3. The van der Waals surface area contributed by atoms with Gasteiger partial charge in [0, 0.05) is 5.25 Å². The van der Waals surface area contributed by atoms with Gasteiger partial charge in [-0.15, -0.1) is 0 Å². The van der Waals surface area contributed by atoms with Crippen LogP contribution in [-0.2, 0) is 19.6 Å². The largest absolute Gasteiger partial charge is 1.00 e. The van der Waals surface area contributed by atoms with Crippen LogP contribution in [0.15, 0.2) is 24.3 Å². The Labute approximate surface area is 195 Å². The van der Waals surface area contributed by atoms with E-state index in [1.807, 2.05) is 0 Å². The quantitative estimate of drug-likeness (QED) is 0.194. The molecule has 29 heavy (non-hydrogen) atoms. The molecule has 0 aliphatic carbocycles. The maximum absolute atomic E-state index is 12.3. The van der Waals surface area contributed by atoms with Gasteiger partial charge in [-0.25, -0.2) is 18.0 Å². The fraction of sp³-hybridized carbons (Fsp3) is 0.600. The first-order valence-electron chi connectivity index (χ1n) is 9.65. The molecule has 0 fully saturated rings. The van der Waals surface area contributed by atoms with Crippen molar-refractivity contribution in [1.29, 1.82) is 0 Å². The molecule has 0 amide bonds. The van der Waals surface area contributed by atoms with Crippen LogP contribution in [0.2, 0.25) is 0 Å². The van der Waals surface area contributed by atoms with E-state index in [-0.39, 0.29) is 60.3 Å². The predicted octanol–water partition coefficient (Wildman–Crippen LogP) is 0.689. The average Bonchev–Trinajstić information content (AvgIpc) is 2.66.